The van der Waals surface area contributed by atoms with Crippen LogP contribution in [0, 0.1) is 25.7 Å². The second-order valence-electron chi connectivity index (χ2n) is 10.3. The third-order valence-corrected chi connectivity index (χ3v) is 5.86. The van der Waals surface area contributed by atoms with Crippen molar-refractivity contribution in [2.75, 3.05) is 28.6 Å². The van der Waals surface area contributed by atoms with E-state index in [1.807, 2.05) is 68.4 Å². The van der Waals surface area contributed by atoms with E-state index in [0.717, 1.165) is 41.0 Å². The Balaban J connectivity index is 2.05. The van der Waals surface area contributed by atoms with Crippen LogP contribution < -0.4 is 15.5 Å². The molecule has 0 unspecified atom stereocenters. The second kappa shape index (κ2) is 12.1. The first-order valence-electron chi connectivity index (χ1n) is 12.5. The van der Waals surface area contributed by atoms with Gasteiger partial charge in [-0.2, -0.15) is 0 Å². The number of amides is 2. The molecule has 0 aromatic heterocycles. The van der Waals surface area contributed by atoms with Crippen molar-refractivity contribution in [2.24, 2.45) is 11.8 Å². The number of aliphatic hydroxyl groups is 2. The van der Waals surface area contributed by atoms with Gasteiger partial charge in [0.25, 0.3) is 0 Å². The van der Waals surface area contributed by atoms with E-state index in [1.165, 1.54) is 0 Å². The molecule has 0 radical (unpaired) electrons. The molecule has 4 N–H and O–H groups in total. The van der Waals surface area contributed by atoms with Crippen LogP contribution >= 0.6 is 0 Å². The average molecular weight is 490 g/mol. The highest BCUT2D eigenvalue weighted by atomic mass is 16.5. The number of carbonyl (C=O) groups excluding carboxylic acids is 1. The Morgan fingerprint density at radius 1 is 0.806 bits per heavy atom. The van der Waals surface area contributed by atoms with E-state index in [1.54, 1.807) is 6.07 Å². The molecule has 3 rings (SSSR count). The molecule has 0 saturated heterocycles. The predicted molar refractivity (Wildman–Crippen MR) is 150 cm³/mol. The smallest absolute Gasteiger partial charge is 0.323 e. The standard InChI is InChI=1S/C30H39N3O3/c1-19(2)17-33(18-20(3)4)28-14-10-23(26-15-22(6)9-13-25(26)29(34)35)16-27(28)32-30(36)31-24-11-7-21(5)8-12-24/h7-16,19-20,29,34-35H,17-18H2,1-6H3,(H2,31,32,36). The van der Waals surface area contributed by atoms with Gasteiger partial charge in [0, 0.05) is 24.3 Å². The molecule has 0 aliphatic carbocycles. The van der Waals surface area contributed by atoms with E-state index in [4.69, 9.17) is 0 Å². The molecule has 6 nitrogen and oxygen atoms in total. The van der Waals surface area contributed by atoms with Gasteiger partial charge in [-0.25, -0.2) is 4.79 Å². The van der Waals surface area contributed by atoms with Crippen LogP contribution in [0.3, 0.4) is 0 Å². The number of benzene rings is 3. The minimum absolute atomic E-state index is 0.335. The molecular formula is C30H39N3O3. The van der Waals surface area contributed by atoms with Crippen molar-refractivity contribution in [3.63, 3.8) is 0 Å². The highest BCUT2D eigenvalue weighted by Crippen LogP contribution is 2.36. The number of nitrogens with zero attached hydrogens (tertiary/aromatic N) is 1. The van der Waals surface area contributed by atoms with Crippen LogP contribution in [0.5, 0.6) is 0 Å². The van der Waals surface area contributed by atoms with Crippen LogP contribution in [0.4, 0.5) is 21.9 Å². The Hall–Kier alpha value is -3.35. The van der Waals surface area contributed by atoms with E-state index < -0.39 is 6.29 Å². The molecule has 0 spiro atoms. The van der Waals surface area contributed by atoms with Crippen LogP contribution in [0.25, 0.3) is 11.1 Å². The van der Waals surface area contributed by atoms with Crippen LogP contribution in [-0.4, -0.2) is 29.3 Å². The van der Waals surface area contributed by atoms with Gasteiger partial charge in [0.2, 0.25) is 0 Å². The van der Waals surface area contributed by atoms with Gasteiger partial charge in [-0.3, -0.25) is 0 Å². The lowest BCUT2D eigenvalue weighted by molar-refractivity contribution is -0.0420. The number of hydrogen-bond donors (Lipinski definition) is 4. The van der Waals surface area contributed by atoms with Gasteiger partial charge >= 0.3 is 6.03 Å². The quantitative estimate of drug-likeness (QED) is 0.252. The fourth-order valence-electron chi connectivity index (χ4n) is 4.30. The number of anilines is 3. The summed E-state index contributed by atoms with van der Waals surface area (Å²) in [5.74, 6) is 0.871. The summed E-state index contributed by atoms with van der Waals surface area (Å²) in [6.45, 7) is 14.4. The van der Waals surface area contributed by atoms with Crippen LogP contribution in [0.15, 0.2) is 60.7 Å². The lowest BCUT2D eigenvalue weighted by Gasteiger charge is -2.31. The number of rotatable bonds is 9. The number of aryl methyl sites for hydroxylation is 2. The SMILES string of the molecule is Cc1ccc(NC(=O)Nc2cc(-c3cc(C)ccc3C(O)O)ccc2N(CC(C)C)CC(C)C)cc1. The van der Waals surface area contributed by atoms with Gasteiger partial charge < -0.3 is 25.7 Å². The normalized spacial score (nSPS) is 11.3. The maximum atomic E-state index is 13.0. The Labute approximate surface area is 215 Å². The Morgan fingerprint density at radius 2 is 1.42 bits per heavy atom. The lowest BCUT2D eigenvalue weighted by Crippen LogP contribution is -2.32. The molecule has 3 aromatic rings. The van der Waals surface area contributed by atoms with Gasteiger partial charge in [-0.05, 0) is 61.1 Å². The number of carbonyl (C=O) groups is 1. The summed E-state index contributed by atoms with van der Waals surface area (Å²) < 4.78 is 0. The topological polar surface area (TPSA) is 84.8 Å². The van der Waals surface area contributed by atoms with Crippen molar-refractivity contribution in [1.29, 1.82) is 0 Å². The minimum Gasteiger partial charge on any atom is -0.369 e. The van der Waals surface area contributed by atoms with E-state index in [9.17, 15) is 15.0 Å². The minimum atomic E-state index is -1.60. The molecule has 192 valence electrons. The van der Waals surface area contributed by atoms with Crippen LogP contribution in [-0.2, 0) is 0 Å². The third kappa shape index (κ3) is 7.33. The molecular weight excluding hydrogens is 450 g/mol. The van der Waals surface area contributed by atoms with Gasteiger partial charge in [0.1, 0.15) is 0 Å². The van der Waals surface area contributed by atoms with Crippen molar-refractivity contribution < 1.29 is 15.0 Å². The summed E-state index contributed by atoms with van der Waals surface area (Å²) in [4.78, 5) is 15.3. The highest BCUT2D eigenvalue weighted by molar-refractivity contribution is 6.02. The van der Waals surface area contributed by atoms with Crippen LogP contribution in [0.2, 0.25) is 0 Å². The van der Waals surface area contributed by atoms with Gasteiger partial charge in [-0.1, -0.05) is 75.2 Å². The maximum Gasteiger partial charge on any atom is 0.323 e. The molecule has 0 heterocycles. The largest absolute Gasteiger partial charge is 0.369 e. The highest BCUT2D eigenvalue weighted by Gasteiger charge is 2.19. The van der Waals surface area contributed by atoms with Crippen molar-refractivity contribution in [3.8, 4) is 11.1 Å². The van der Waals surface area contributed by atoms with Crippen molar-refractivity contribution in [2.45, 2.75) is 47.8 Å². The fourth-order valence-corrected chi connectivity index (χ4v) is 4.30. The second-order valence-corrected chi connectivity index (χ2v) is 10.3. The fraction of sp³-hybridized carbons (Fsp3) is 0.367. The maximum absolute atomic E-state index is 13.0. The lowest BCUT2D eigenvalue weighted by atomic mass is 9.96. The summed E-state index contributed by atoms with van der Waals surface area (Å²) >= 11 is 0. The number of urea groups is 1. The van der Waals surface area contributed by atoms with E-state index in [-0.39, 0.29) is 6.03 Å². The van der Waals surface area contributed by atoms with Gasteiger partial charge in [0.05, 0.1) is 11.4 Å². The van der Waals surface area contributed by atoms with Gasteiger partial charge in [0.15, 0.2) is 6.29 Å². The Morgan fingerprint density at radius 3 is 2.00 bits per heavy atom. The first-order chi connectivity index (χ1) is 17.0. The summed E-state index contributed by atoms with van der Waals surface area (Å²) in [5.41, 5.74) is 6.37. The summed E-state index contributed by atoms with van der Waals surface area (Å²) in [6, 6.07) is 18.7. The van der Waals surface area contributed by atoms with Crippen LogP contribution in [0.1, 0.15) is 50.7 Å². The van der Waals surface area contributed by atoms with E-state index in [0.29, 0.717) is 28.8 Å². The molecule has 0 atom stereocenters. The molecule has 3 aromatic carbocycles. The first kappa shape index (κ1) is 27.2. The predicted octanol–water partition coefficient (Wildman–Crippen LogP) is 6.72. The van der Waals surface area contributed by atoms with Gasteiger partial charge in [-0.15, -0.1) is 0 Å². The molecule has 0 aliphatic rings. The van der Waals surface area contributed by atoms with E-state index in [2.05, 4.69) is 43.2 Å². The number of nitrogens with one attached hydrogen (secondary N) is 2. The summed E-state index contributed by atoms with van der Waals surface area (Å²) in [7, 11) is 0. The Kier molecular flexibility index (Phi) is 9.13. The molecule has 6 heteroatoms. The molecule has 0 saturated carbocycles. The number of hydrogen-bond acceptors (Lipinski definition) is 4. The molecule has 0 fully saturated rings. The zero-order chi connectivity index (χ0) is 26.4. The summed E-state index contributed by atoms with van der Waals surface area (Å²) in [5, 5.41) is 25.9. The monoisotopic (exact) mass is 489 g/mol. The molecule has 0 bridgehead atoms. The molecule has 0 aliphatic heterocycles. The van der Waals surface area contributed by atoms with Crippen molar-refractivity contribution in [3.05, 3.63) is 77.4 Å². The average Bonchev–Trinajstić information content (AvgIpc) is 2.79. The molecule has 36 heavy (non-hydrogen) atoms. The van der Waals surface area contributed by atoms with Crippen molar-refractivity contribution in [1.82, 2.24) is 0 Å². The van der Waals surface area contributed by atoms with Crippen molar-refractivity contribution >= 4 is 23.1 Å². The first-order valence-corrected chi connectivity index (χ1v) is 12.5. The summed E-state index contributed by atoms with van der Waals surface area (Å²) in [6.07, 6.45) is -1.60. The van der Waals surface area contributed by atoms with E-state index >= 15 is 0 Å². The zero-order valence-corrected chi connectivity index (χ0v) is 22.2. The zero-order valence-electron chi connectivity index (χ0n) is 22.2. The Bertz CT molecular complexity index is 1160. The third-order valence-electron chi connectivity index (χ3n) is 5.86. The molecule has 2 amide bonds. The number of aliphatic hydroxyl groups excluding tert-OH is 1.